The summed E-state index contributed by atoms with van der Waals surface area (Å²) in [6.07, 6.45) is 3.94. The molecule has 1 unspecified atom stereocenters. The summed E-state index contributed by atoms with van der Waals surface area (Å²) in [4.78, 5) is 13.4. The Hall–Kier alpha value is -2.04. The number of carbonyl (C=O) groups excluding carboxylic acids is 1. The van der Waals surface area contributed by atoms with Gasteiger partial charge in [0.1, 0.15) is 0 Å². The van der Waals surface area contributed by atoms with Crippen LogP contribution >= 0.6 is 11.6 Å². The second-order valence-electron chi connectivity index (χ2n) is 6.83. The van der Waals surface area contributed by atoms with Gasteiger partial charge in [-0.3, -0.25) is 0 Å². The van der Waals surface area contributed by atoms with Crippen LogP contribution in [0, 0.1) is 0 Å². The molecule has 0 aliphatic carbocycles. The van der Waals surface area contributed by atoms with Crippen LogP contribution in [0.5, 0.6) is 0 Å². The number of amides is 2. The van der Waals surface area contributed by atoms with Crippen molar-refractivity contribution >= 4 is 23.3 Å². The highest BCUT2D eigenvalue weighted by Gasteiger charge is 2.13. The molecular weight excluding hydrogens is 360 g/mol. The fourth-order valence-electron chi connectivity index (χ4n) is 2.73. The summed E-state index contributed by atoms with van der Waals surface area (Å²) in [5.74, 6) is 0. The topological polar surface area (TPSA) is 41.6 Å². The van der Waals surface area contributed by atoms with Gasteiger partial charge in [-0.05, 0) is 54.7 Å². The van der Waals surface area contributed by atoms with Crippen molar-refractivity contribution in [3.05, 3.63) is 64.7 Å². The van der Waals surface area contributed by atoms with E-state index in [0.717, 1.165) is 48.6 Å². The van der Waals surface area contributed by atoms with Gasteiger partial charge >= 0.3 is 6.03 Å². The van der Waals surface area contributed by atoms with E-state index in [1.165, 1.54) is 10.5 Å². The average molecular weight is 389 g/mol. The second kappa shape index (κ2) is 11.0. The first-order valence-electron chi connectivity index (χ1n) is 9.44. The van der Waals surface area contributed by atoms with Crippen LogP contribution in [0.15, 0.2) is 48.5 Å². The van der Waals surface area contributed by atoms with E-state index in [1.54, 1.807) is 14.1 Å². The summed E-state index contributed by atoms with van der Waals surface area (Å²) in [5, 5.41) is 3.62. The molecule has 146 valence electrons. The molecule has 4 nitrogen and oxygen atoms in total. The monoisotopic (exact) mass is 388 g/mol. The van der Waals surface area contributed by atoms with Crippen LogP contribution in [0.3, 0.4) is 0 Å². The molecule has 0 aromatic heterocycles. The molecular formula is C22H29ClN2O2. The van der Waals surface area contributed by atoms with E-state index in [-0.39, 0.29) is 12.1 Å². The standard InChI is InChI=1S/C22H29ClN2O2/c1-4-5-15-27-21(18-10-12-19(23)13-11-18)14-9-17-7-6-8-20(16-17)24-22(26)25(2)3/h6-8,10-13,16,21H,4-5,9,14-15H2,1-3H3,(H,24,26). The second-order valence-corrected chi connectivity index (χ2v) is 7.26. The van der Waals surface area contributed by atoms with Crippen LogP contribution in [0.25, 0.3) is 0 Å². The maximum atomic E-state index is 11.8. The Morgan fingerprint density at radius 2 is 1.93 bits per heavy atom. The summed E-state index contributed by atoms with van der Waals surface area (Å²) >= 11 is 6.02. The van der Waals surface area contributed by atoms with Crippen molar-refractivity contribution in [2.24, 2.45) is 0 Å². The molecule has 0 fully saturated rings. The first kappa shape index (κ1) is 21.3. The van der Waals surface area contributed by atoms with E-state index in [9.17, 15) is 4.79 Å². The Balaban J connectivity index is 2.02. The van der Waals surface area contributed by atoms with Crippen LogP contribution in [0.1, 0.15) is 43.4 Å². The number of unbranched alkanes of at least 4 members (excludes halogenated alkanes) is 1. The van der Waals surface area contributed by atoms with Gasteiger partial charge in [-0.25, -0.2) is 4.79 Å². The molecule has 1 atom stereocenters. The first-order valence-corrected chi connectivity index (χ1v) is 9.81. The number of hydrogen-bond acceptors (Lipinski definition) is 2. The molecule has 2 aromatic rings. The third-order valence-electron chi connectivity index (χ3n) is 4.34. The average Bonchev–Trinajstić information content (AvgIpc) is 2.65. The van der Waals surface area contributed by atoms with Crippen molar-refractivity contribution in [3.63, 3.8) is 0 Å². The highest BCUT2D eigenvalue weighted by atomic mass is 35.5. The Morgan fingerprint density at radius 3 is 2.59 bits per heavy atom. The minimum absolute atomic E-state index is 0.0360. The highest BCUT2D eigenvalue weighted by molar-refractivity contribution is 6.30. The van der Waals surface area contributed by atoms with E-state index < -0.39 is 0 Å². The first-order chi connectivity index (χ1) is 13.0. The van der Waals surface area contributed by atoms with Gasteiger partial charge in [-0.2, -0.15) is 0 Å². The number of urea groups is 1. The number of benzene rings is 2. The largest absolute Gasteiger partial charge is 0.374 e. The lowest BCUT2D eigenvalue weighted by atomic mass is 10.0. The number of nitrogens with one attached hydrogen (secondary N) is 1. The number of ether oxygens (including phenoxy) is 1. The fraction of sp³-hybridized carbons (Fsp3) is 0.409. The van der Waals surface area contributed by atoms with Crippen molar-refractivity contribution in [3.8, 4) is 0 Å². The third kappa shape index (κ3) is 7.24. The van der Waals surface area contributed by atoms with Crippen molar-refractivity contribution in [1.29, 1.82) is 0 Å². The molecule has 0 radical (unpaired) electrons. The molecule has 0 saturated heterocycles. The quantitative estimate of drug-likeness (QED) is 0.541. The van der Waals surface area contributed by atoms with Crippen LogP contribution in [0.4, 0.5) is 10.5 Å². The smallest absolute Gasteiger partial charge is 0.321 e. The number of carbonyl (C=O) groups is 1. The molecule has 0 spiro atoms. The van der Waals surface area contributed by atoms with E-state index in [0.29, 0.717) is 0 Å². The highest BCUT2D eigenvalue weighted by Crippen LogP contribution is 2.26. The minimum Gasteiger partial charge on any atom is -0.374 e. The SMILES string of the molecule is CCCCOC(CCc1cccc(NC(=O)N(C)C)c1)c1ccc(Cl)cc1. The zero-order valence-corrected chi connectivity index (χ0v) is 17.1. The number of nitrogens with zero attached hydrogens (tertiary/aromatic N) is 1. The molecule has 0 bridgehead atoms. The van der Waals surface area contributed by atoms with Gasteiger partial charge in [0.2, 0.25) is 0 Å². The van der Waals surface area contributed by atoms with Gasteiger partial charge in [0.15, 0.2) is 0 Å². The number of aryl methyl sites for hydroxylation is 1. The molecule has 1 N–H and O–H groups in total. The van der Waals surface area contributed by atoms with Crippen LogP contribution in [-0.2, 0) is 11.2 Å². The van der Waals surface area contributed by atoms with E-state index >= 15 is 0 Å². The molecule has 5 heteroatoms. The maximum Gasteiger partial charge on any atom is 0.321 e. The minimum atomic E-state index is -0.130. The number of anilines is 1. The van der Waals surface area contributed by atoms with Gasteiger partial charge in [-0.1, -0.05) is 49.2 Å². The normalized spacial score (nSPS) is 11.9. The van der Waals surface area contributed by atoms with Gasteiger partial charge in [0.25, 0.3) is 0 Å². The molecule has 0 aliphatic heterocycles. The molecule has 27 heavy (non-hydrogen) atoms. The van der Waals surface area contributed by atoms with Crippen molar-refractivity contribution in [2.45, 2.75) is 38.7 Å². The molecule has 2 aromatic carbocycles. The Morgan fingerprint density at radius 1 is 1.19 bits per heavy atom. The summed E-state index contributed by atoms with van der Waals surface area (Å²) in [6, 6.07) is 15.7. The fourth-order valence-corrected chi connectivity index (χ4v) is 2.86. The lowest BCUT2D eigenvalue weighted by Gasteiger charge is -2.19. The zero-order chi connectivity index (χ0) is 19.6. The molecule has 0 saturated carbocycles. The third-order valence-corrected chi connectivity index (χ3v) is 4.59. The number of halogens is 1. The summed E-state index contributed by atoms with van der Waals surface area (Å²) in [7, 11) is 3.45. The molecule has 2 amide bonds. The van der Waals surface area contributed by atoms with Crippen LogP contribution in [-0.4, -0.2) is 31.6 Å². The van der Waals surface area contributed by atoms with E-state index in [4.69, 9.17) is 16.3 Å². The van der Waals surface area contributed by atoms with E-state index in [2.05, 4.69) is 18.3 Å². The Bertz CT molecular complexity index is 717. The molecule has 0 heterocycles. The predicted molar refractivity (Wildman–Crippen MR) is 113 cm³/mol. The summed E-state index contributed by atoms with van der Waals surface area (Å²) in [5.41, 5.74) is 3.12. The lowest BCUT2D eigenvalue weighted by molar-refractivity contribution is 0.0449. The summed E-state index contributed by atoms with van der Waals surface area (Å²) in [6.45, 7) is 2.91. The van der Waals surface area contributed by atoms with Crippen molar-refractivity contribution in [2.75, 3.05) is 26.0 Å². The summed E-state index contributed by atoms with van der Waals surface area (Å²) < 4.78 is 6.14. The lowest BCUT2D eigenvalue weighted by Crippen LogP contribution is -2.27. The van der Waals surface area contributed by atoms with Gasteiger partial charge in [0, 0.05) is 31.4 Å². The van der Waals surface area contributed by atoms with Crippen LogP contribution < -0.4 is 5.32 Å². The predicted octanol–water partition coefficient (Wildman–Crippen LogP) is 5.92. The van der Waals surface area contributed by atoms with Crippen molar-refractivity contribution < 1.29 is 9.53 Å². The Labute approximate surface area is 167 Å². The molecule has 0 aliphatic rings. The van der Waals surface area contributed by atoms with Crippen molar-refractivity contribution in [1.82, 2.24) is 4.90 Å². The van der Waals surface area contributed by atoms with Crippen LogP contribution in [0.2, 0.25) is 5.02 Å². The zero-order valence-electron chi connectivity index (χ0n) is 16.4. The van der Waals surface area contributed by atoms with Gasteiger partial charge < -0.3 is 15.0 Å². The Kier molecular flexibility index (Phi) is 8.62. The van der Waals surface area contributed by atoms with Gasteiger partial charge in [-0.15, -0.1) is 0 Å². The number of rotatable bonds is 9. The van der Waals surface area contributed by atoms with E-state index in [1.807, 2.05) is 42.5 Å². The number of hydrogen-bond donors (Lipinski definition) is 1. The maximum absolute atomic E-state index is 11.8. The van der Waals surface area contributed by atoms with Gasteiger partial charge in [0.05, 0.1) is 6.10 Å². The molecule has 2 rings (SSSR count).